The van der Waals surface area contributed by atoms with Gasteiger partial charge in [-0.2, -0.15) is 0 Å². The zero-order valence-corrected chi connectivity index (χ0v) is 14.7. The highest BCUT2D eigenvalue weighted by molar-refractivity contribution is 7.13. The van der Waals surface area contributed by atoms with Gasteiger partial charge in [0.15, 0.2) is 0 Å². The van der Waals surface area contributed by atoms with Gasteiger partial charge in [-0.3, -0.25) is 4.98 Å². The molecular formula is C19H20N4OS. The molecule has 5 nitrogen and oxygen atoms in total. The molecule has 0 aliphatic heterocycles. The summed E-state index contributed by atoms with van der Waals surface area (Å²) in [7, 11) is 0. The monoisotopic (exact) mass is 352 g/mol. The minimum absolute atomic E-state index is 0.262. The van der Waals surface area contributed by atoms with Crippen LogP contribution in [0.1, 0.15) is 25.7 Å². The standard InChI is InChI=1S/C19H20N4OS/c24-11-14-3-1-13(2-4-14)8-21-19-22-9-16-6-5-15(7-17(16)23-19)18-10-20-12-25-18/h5-7,9-14H,1-4,8H2,(H,21,22,23). The van der Waals surface area contributed by atoms with E-state index in [2.05, 4.69) is 38.5 Å². The van der Waals surface area contributed by atoms with E-state index < -0.39 is 0 Å². The Hall–Kier alpha value is -2.34. The van der Waals surface area contributed by atoms with Crippen LogP contribution in [0.2, 0.25) is 0 Å². The Morgan fingerprint density at radius 2 is 2.08 bits per heavy atom. The molecule has 2 heterocycles. The lowest BCUT2D eigenvalue weighted by atomic mass is 9.83. The van der Waals surface area contributed by atoms with E-state index in [0.29, 0.717) is 11.9 Å². The van der Waals surface area contributed by atoms with E-state index in [4.69, 9.17) is 0 Å². The number of nitrogens with one attached hydrogen (secondary N) is 1. The van der Waals surface area contributed by atoms with Crippen molar-refractivity contribution in [1.82, 2.24) is 15.0 Å². The molecule has 25 heavy (non-hydrogen) atoms. The summed E-state index contributed by atoms with van der Waals surface area (Å²) in [6.07, 6.45) is 9.06. The molecule has 6 heteroatoms. The summed E-state index contributed by atoms with van der Waals surface area (Å²) in [5, 5.41) is 4.41. The van der Waals surface area contributed by atoms with E-state index in [0.717, 1.165) is 59.9 Å². The molecule has 0 unspecified atom stereocenters. The number of aldehydes is 1. The van der Waals surface area contributed by atoms with Crippen molar-refractivity contribution in [2.45, 2.75) is 25.7 Å². The predicted octanol–water partition coefficient (Wildman–Crippen LogP) is 4.17. The Bertz CT molecular complexity index is 857. The van der Waals surface area contributed by atoms with Crippen LogP contribution < -0.4 is 5.32 Å². The lowest BCUT2D eigenvalue weighted by Crippen LogP contribution is -2.22. The summed E-state index contributed by atoms with van der Waals surface area (Å²) in [4.78, 5) is 25.2. The fraction of sp³-hybridized carbons (Fsp3) is 0.368. The zero-order valence-electron chi connectivity index (χ0n) is 13.9. The van der Waals surface area contributed by atoms with E-state index in [1.807, 2.05) is 17.9 Å². The topological polar surface area (TPSA) is 67.8 Å². The lowest BCUT2D eigenvalue weighted by molar-refractivity contribution is -0.112. The maximum atomic E-state index is 10.8. The molecule has 3 aromatic rings. The minimum atomic E-state index is 0.262. The van der Waals surface area contributed by atoms with Crippen LogP contribution in [0.25, 0.3) is 21.3 Å². The minimum Gasteiger partial charge on any atom is -0.354 e. The van der Waals surface area contributed by atoms with Crippen LogP contribution in [0.4, 0.5) is 5.95 Å². The smallest absolute Gasteiger partial charge is 0.223 e. The summed E-state index contributed by atoms with van der Waals surface area (Å²) in [5.41, 5.74) is 3.91. The van der Waals surface area contributed by atoms with E-state index >= 15 is 0 Å². The number of nitrogens with zero attached hydrogens (tertiary/aromatic N) is 3. The summed E-state index contributed by atoms with van der Waals surface area (Å²) in [6.45, 7) is 0.867. The third-order valence-electron chi connectivity index (χ3n) is 4.93. The van der Waals surface area contributed by atoms with Crippen molar-refractivity contribution in [2.24, 2.45) is 11.8 Å². The van der Waals surface area contributed by atoms with Gasteiger partial charge in [0.05, 0.1) is 15.9 Å². The molecular weight excluding hydrogens is 332 g/mol. The van der Waals surface area contributed by atoms with Gasteiger partial charge in [-0.25, -0.2) is 9.97 Å². The molecule has 0 spiro atoms. The zero-order chi connectivity index (χ0) is 17.1. The van der Waals surface area contributed by atoms with Crippen molar-refractivity contribution in [3.63, 3.8) is 0 Å². The van der Waals surface area contributed by atoms with Crippen LogP contribution in [0.15, 0.2) is 36.1 Å². The molecule has 1 aliphatic carbocycles. The van der Waals surface area contributed by atoms with E-state index in [-0.39, 0.29) is 5.92 Å². The van der Waals surface area contributed by atoms with E-state index in [9.17, 15) is 4.79 Å². The molecule has 128 valence electrons. The highest BCUT2D eigenvalue weighted by atomic mass is 32.1. The van der Waals surface area contributed by atoms with Gasteiger partial charge in [0, 0.05) is 30.2 Å². The van der Waals surface area contributed by atoms with Crippen molar-refractivity contribution in [2.75, 3.05) is 11.9 Å². The van der Waals surface area contributed by atoms with Crippen LogP contribution in [0.5, 0.6) is 0 Å². The summed E-state index contributed by atoms with van der Waals surface area (Å²) in [5.74, 6) is 1.53. The first-order valence-corrected chi connectivity index (χ1v) is 9.54. The molecule has 0 bridgehead atoms. The summed E-state index contributed by atoms with van der Waals surface area (Å²) >= 11 is 1.62. The third kappa shape index (κ3) is 3.69. The average molecular weight is 352 g/mol. The first kappa shape index (κ1) is 16.1. The number of thiazole rings is 1. The Morgan fingerprint density at radius 1 is 1.20 bits per heavy atom. The fourth-order valence-electron chi connectivity index (χ4n) is 3.38. The second-order valence-corrected chi connectivity index (χ2v) is 7.52. The third-order valence-corrected chi connectivity index (χ3v) is 5.75. The lowest BCUT2D eigenvalue weighted by Gasteiger charge is -2.25. The first-order chi connectivity index (χ1) is 12.3. The maximum Gasteiger partial charge on any atom is 0.223 e. The number of fused-ring (bicyclic) bond motifs is 1. The van der Waals surface area contributed by atoms with E-state index in [1.54, 1.807) is 11.3 Å². The normalized spacial score (nSPS) is 20.5. The Morgan fingerprint density at radius 3 is 2.84 bits per heavy atom. The van der Waals surface area contributed by atoms with Gasteiger partial charge < -0.3 is 10.1 Å². The summed E-state index contributed by atoms with van der Waals surface area (Å²) < 4.78 is 0. The molecule has 0 atom stereocenters. The number of benzene rings is 1. The van der Waals surface area contributed by atoms with Crippen LogP contribution >= 0.6 is 11.3 Å². The van der Waals surface area contributed by atoms with Gasteiger partial charge in [0.2, 0.25) is 5.95 Å². The number of hydrogen-bond acceptors (Lipinski definition) is 6. The number of rotatable bonds is 5. The van der Waals surface area contributed by atoms with Gasteiger partial charge in [-0.15, -0.1) is 11.3 Å². The molecule has 1 fully saturated rings. The second kappa shape index (κ2) is 7.27. The number of carbonyl (C=O) groups excluding carboxylic acids is 1. The van der Waals surface area contributed by atoms with Gasteiger partial charge in [0.1, 0.15) is 6.29 Å². The molecule has 2 aromatic heterocycles. The molecule has 1 saturated carbocycles. The maximum absolute atomic E-state index is 10.8. The predicted molar refractivity (Wildman–Crippen MR) is 101 cm³/mol. The largest absolute Gasteiger partial charge is 0.354 e. The van der Waals surface area contributed by atoms with Crippen molar-refractivity contribution in [3.8, 4) is 10.4 Å². The number of anilines is 1. The van der Waals surface area contributed by atoms with Crippen LogP contribution in [-0.2, 0) is 4.79 Å². The molecule has 1 N–H and O–H groups in total. The van der Waals surface area contributed by atoms with Crippen molar-refractivity contribution in [1.29, 1.82) is 0 Å². The van der Waals surface area contributed by atoms with Crippen LogP contribution in [0, 0.1) is 11.8 Å². The highest BCUT2D eigenvalue weighted by Gasteiger charge is 2.20. The van der Waals surface area contributed by atoms with Gasteiger partial charge in [0.25, 0.3) is 0 Å². The van der Waals surface area contributed by atoms with Crippen molar-refractivity contribution >= 4 is 34.5 Å². The molecule has 1 aromatic carbocycles. The van der Waals surface area contributed by atoms with Crippen LogP contribution in [0.3, 0.4) is 0 Å². The molecule has 0 radical (unpaired) electrons. The highest BCUT2D eigenvalue weighted by Crippen LogP contribution is 2.28. The first-order valence-electron chi connectivity index (χ1n) is 8.66. The second-order valence-electron chi connectivity index (χ2n) is 6.63. The van der Waals surface area contributed by atoms with Crippen LogP contribution in [-0.4, -0.2) is 27.8 Å². The molecule has 0 saturated heterocycles. The Balaban J connectivity index is 1.46. The SMILES string of the molecule is O=CC1CCC(CNc2ncc3ccc(-c4cncs4)cc3n2)CC1. The number of hydrogen-bond donors (Lipinski definition) is 1. The number of carbonyl (C=O) groups is 1. The fourth-order valence-corrected chi connectivity index (χ4v) is 4.00. The van der Waals surface area contributed by atoms with Crippen molar-refractivity contribution < 1.29 is 4.79 Å². The molecule has 4 rings (SSSR count). The van der Waals surface area contributed by atoms with Gasteiger partial charge >= 0.3 is 0 Å². The number of aromatic nitrogens is 3. The molecule has 1 aliphatic rings. The van der Waals surface area contributed by atoms with Gasteiger partial charge in [-0.1, -0.05) is 12.1 Å². The van der Waals surface area contributed by atoms with Gasteiger partial charge in [-0.05, 0) is 43.2 Å². The Labute approximate surface area is 150 Å². The van der Waals surface area contributed by atoms with E-state index in [1.165, 1.54) is 0 Å². The molecule has 0 amide bonds. The quantitative estimate of drug-likeness (QED) is 0.698. The average Bonchev–Trinajstić information content (AvgIpc) is 3.21. The Kier molecular flexibility index (Phi) is 4.70. The summed E-state index contributed by atoms with van der Waals surface area (Å²) in [6, 6.07) is 6.22. The van der Waals surface area contributed by atoms with Crippen molar-refractivity contribution in [3.05, 3.63) is 36.1 Å².